The fraction of sp³-hybridized carbons (Fsp3) is 0.269. The van der Waals surface area contributed by atoms with Crippen molar-refractivity contribution in [1.82, 2.24) is 0 Å². The molecule has 1 unspecified atom stereocenters. The minimum atomic E-state index is -1.60. The normalized spacial score (nSPS) is 23.1. The van der Waals surface area contributed by atoms with Gasteiger partial charge in [0.05, 0.1) is 15.6 Å². The Bertz CT molecular complexity index is 1420. The van der Waals surface area contributed by atoms with Crippen LogP contribution in [0, 0.1) is 23.7 Å². The number of halogens is 2. The molecule has 0 bridgehead atoms. The molecule has 2 heterocycles. The summed E-state index contributed by atoms with van der Waals surface area (Å²) in [6.07, 6.45) is 0.722. The summed E-state index contributed by atoms with van der Waals surface area (Å²) >= 11 is 12.5. The molecule has 0 radical (unpaired) electrons. The Morgan fingerprint density at radius 3 is 2.50 bits per heavy atom. The van der Waals surface area contributed by atoms with E-state index in [1.807, 2.05) is 32.9 Å². The van der Waals surface area contributed by atoms with E-state index in [1.54, 1.807) is 29.2 Å². The van der Waals surface area contributed by atoms with E-state index in [9.17, 15) is 14.9 Å². The van der Waals surface area contributed by atoms with Gasteiger partial charge < -0.3 is 11.1 Å². The smallest absolute Gasteiger partial charge is 0.245 e. The first-order chi connectivity index (χ1) is 16.0. The molecule has 2 aromatic rings. The molecule has 3 aliphatic rings. The van der Waals surface area contributed by atoms with Crippen LogP contribution < -0.4 is 16.0 Å². The molecule has 6 nitrogen and oxygen atoms in total. The highest BCUT2D eigenvalue weighted by atomic mass is 35.5. The number of nitrogens with zero attached hydrogens (tertiary/aromatic N) is 2. The van der Waals surface area contributed by atoms with Crippen molar-refractivity contribution >= 4 is 46.3 Å². The van der Waals surface area contributed by atoms with E-state index in [-0.39, 0.29) is 29.0 Å². The SMILES string of the molecule is Cc1ccc2c(c1)C1(C(=O)N2)C(C#N)=C(N)N(c2ccc(Cl)c(Cl)c2)C2=C1C(=O)CC(C)(C)C2. The maximum Gasteiger partial charge on any atom is 0.245 e. The lowest BCUT2D eigenvalue weighted by Gasteiger charge is -2.46. The number of nitrogens with one attached hydrogen (secondary N) is 1. The molecular formula is C26H22Cl2N4O2. The molecule has 2 aromatic carbocycles. The first-order valence-corrected chi connectivity index (χ1v) is 11.6. The Kier molecular flexibility index (Phi) is 4.88. The highest BCUT2D eigenvalue weighted by Crippen LogP contribution is 2.57. The number of fused-ring (bicyclic) bond motifs is 3. The average Bonchev–Trinajstić information content (AvgIpc) is 3.01. The topological polar surface area (TPSA) is 99.2 Å². The number of amides is 1. The fourth-order valence-electron chi connectivity index (χ4n) is 5.45. The molecule has 0 fully saturated rings. The lowest BCUT2D eigenvalue weighted by atomic mass is 9.60. The monoisotopic (exact) mass is 492 g/mol. The van der Waals surface area contributed by atoms with Gasteiger partial charge in [0, 0.05) is 34.6 Å². The van der Waals surface area contributed by atoms with Gasteiger partial charge in [0.1, 0.15) is 17.3 Å². The third kappa shape index (κ3) is 2.94. The number of ketones is 1. The Hall–Kier alpha value is -3.27. The molecule has 0 aromatic heterocycles. The van der Waals surface area contributed by atoms with Crippen molar-refractivity contribution in [3.8, 4) is 6.07 Å². The lowest BCUT2D eigenvalue weighted by Crippen LogP contribution is -2.52. The average molecular weight is 493 g/mol. The molecule has 1 spiro atoms. The van der Waals surface area contributed by atoms with E-state index in [1.165, 1.54) is 0 Å². The second-order valence-corrected chi connectivity index (χ2v) is 10.6. The van der Waals surface area contributed by atoms with Crippen LogP contribution in [0.3, 0.4) is 0 Å². The molecule has 1 atom stereocenters. The van der Waals surface area contributed by atoms with E-state index in [0.29, 0.717) is 44.7 Å². The minimum Gasteiger partial charge on any atom is -0.384 e. The molecular weight excluding hydrogens is 471 g/mol. The van der Waals surface area contributed by atoms with Crippen LogP contribution in [0.1, 0.15) is 37.8 Å². The number of carbonyl (C=O) groups is 2. The molecule has 34 heavy (non-hydrogen) atoms. The summed E-state index contributed by atoms with van der Waals surface area (Å²) in [4.78, 5) is 29.3. The number of aryl methyl sites for hydroxylation is 1. The second kappa shape index (κ2) is 7.36. The van der Waals surface area contributed by atoms with Crippen LogP contribution in [0.4, 0.5) is 11.4 Å². The van der Waals surface area contributed by atoms with Crippen LogP contribution >= 0.6 is 23.2 Å². The Morgan fingerprint density at radius 1 is 1.09 bits per heavy atom. The van der Waals surface area contributed by atoms with E-state index in [0.717, 1.165) is 5.56 Å². The van der Waals surface area contributed by atoms with Crippen LogP contribution in [0.2, 0.25) is 10.0 Å². The number of Topliss-reactive ketones (excluding diaryl/α,β-unsaturated/α-hetero) is 1. The maximum absolute atomic E-state index is 13.8. The number of hydrogen-bond acceptors (Lipinski definition) is 5. The van der Waals surface area contributed by atoms with Gasteiger partial charge in [-0.05, 0) is 43.0 Å². The largest absolute Gasteiger partial charge is 0.384 e. The number of anilines is 2. The van der Waals surface area contributed by atoms with Crippen molar-refractivity contribution < 1.29 is 9.59 Å². The van der Waals surface area contributed by atoms with Crippen LogP contribution in [-0.2, 0) is 15.0 Å². The van der Waals surface area contributed by atoms with Crippen LogP contribution in [0.5, 0.6) is 0 Å². The highest BCUT2D eigenvalue weighted by Gasteiger charge is 2.61. The van der Waals surface area contributed by atoms with Gasteiger partial charge in [0.15, 0.2) is 5.78 Å². The number of allylic oxidation sites excluding steroid dienone is 1. The first-order valence-electron chi connectivity index (χ1n) is 10.9. The third-order valence-electron chi connectivity index (χ3n) is 6.81. The molecule has 0 saturated heterocycles. The van der Waals surface area contributed by atoms with Gasteiger partial charge in [-0.3, -0.25) is 14.5 Å². The van der Waals surface area contributed by atoms with Gasteiger partial charge in [0.2, 0.25) is 5.91 Å². The zero-order chi connectivity index (χ0) is 24.6. The molecule has 5 rings (SSSR count). The highest BCUT2D eigenvalue weighted by molar-refractivity contribution is 6.42. The molecule has 0 saturated carbocycles. The quantitative estimate of drug-likeness (QED) is 0.558. The summed E-state index contributed by atoms with van der Waals surface area (Å²) in [6, 6.07) is 12.7. The van der Waals surface area contributed by atoms with Crippen molar-refractivity contribution in [3.63, 3.8) is 0 Å². The van der Waals surface area contributed by atoms with Crippen LogP contribution in [0.15, 0.2) is 59.1 Å². The summed E-state index contributed by atoms with van der Waals surface area (Å²) in [6.45, 7) is 5.91. The maximum atomic E-state index is 13.8. The number of rotatable bonds is 1. The van der Waals surface area contributed by atoms with Crippen LogP contribution in [0.25, 0.3) is 0 Å². The number of nitriles is 1. The zero-order valence-corrected chi connectivity index (χ0v) is 20.4. The van der Waals surface area contributed by atoms with Gasteiger partial charge in [-0.25, -0.2) is 0 Å². The van der Waals surface area contributed by atoms with E-state index in [2.05, 4.69) is 11.4 Å². The standard InChI is InChI=1S/C26H22Cl2N4O2/c1-13-4-7-19-15(8-13)26(24(34)31-19)16(12-29)23(30)32(14-5-6-17(27)18(28)9-14)20-10-25(2,3)11-21(33)22(20)26/h4-9H,10-11,30H2,1-3H3,(H,31,34). The first kappa shape index (κ1) is 22.5. The second-order valence-electron chi connectivity index (χ2n) is 9.82. The van der Waals surface area contributed by atoms with Crippen molar-refractivity contribution in [2.24, 2.45) is 11.1 Å². The van der Waals surface area contributed by atoms with Crippen molar-refractivity contribution in [1.29, 1.82) is 5.26 Å². The minimum absolute atomic E-state index is 0.0206. The predicted octanol–water partition coefficient (Wildman–Crippen LogP) is 5.35. The lowest BCUT2D eigenvalue weighted by molar-refractivity contribution is -0.123. The summed E-state index contributed by atoms with van der Waals surface area (Å²) < 4.78 is 0. The van der Waals surface area contributed by atoms with Crippen molar-refractivity contribution in [2.75, 3.05) is 10.2 Å². The Morgan fingerprint density at radius 2 is 1.82 bits per heavy atom. The number of nitrogens with two attached hydrogens (primary N) is 1. The van der Waals surface area contributed by atoms with E-state index < -0.39 is 11.3 Å². The zero-order valence-electron chi connectivity index (χ0n) is 18.9. The Balaban J connectivity index is 1.91. The fourth-order valence-corrected chi connectivity index (χ4v) is 5.74. The number of benzene rings is 2. The summed E-state index contributed by atoms with van der Waals surface area (Å²) in [5, 5.41) is 13.9. The molecule has 8 heteroatoms. The predicted molar refractivity (Wildman–Crippen MR) is 132 cm³/mol. The van der Waals surface area contributed by atoms with Gasteiger partial charge in [0.25, 0.3) is 0 Å². The summed E-state index contributed by atoms with van der Waals surface area (Å²) in [5.41, 5.74) is 8.25. The van der Waals surface area contributed by atoms with E-state index >= 15 is 0 Å². The van der Waals surface area contributed by atoms with Crippen molar-refractivity contribution in [3.05, 3.63) is 80.2 Å². The van der Waals surface area contributed by atoms with Gasteiger partial charge in [-0.2, -0.15) is 5.26 Å². The third-order valence-corrected chi connectivity index (χ3v) is 7.55. The Labute approximate surface area is 207 Å². The van der Waals surface area contributed by atoms with Crippen molar-refractivity contribution in [2.45, 2.75) is 39.0 Å². The van der Waals surface area contributed by atoms with Crippen LogP contribution in [-0.4, -0.2) is 11.7 Å². The molecule has 2 aliphatic heterocycles. The molecule has 1 aliphatic carbocycles. The number of carbonyl (C=O) groups excluding carboxylic acids is 2. The summed E-state index contributed by atoms with van der Waals surface area (Å²) in [7, 11) is 0. The van der Waals surface area contributed by atoms with Gasteiger partial charge >= 0.3 is 0 Å². The van der Waals surface area contributed by atoms with E-state index in [4.69, 9.17) is 28.9 Å². The molecule has 172 valence electrons. The number of hydrogen-bond donors (Lipinski definition) is 2. The molecule has 3 N–H and O–H groups in total. The van der Waals surface area contributed by atoms with Gasteiger partial charge in [-0.15, -0.1) is 0 Å². The van der Waals surface area contributed by atoms with Gasteiger partial charge in [-0.1, -0.05) is 54.7 Å². The summed E-state index contributed by atoms with van der Waals surface area (Å²) in [5.74, 6) is -0.530. The molecule has 1 amide bonds.